The van der Waals surface area contributed by atoms with Crippen LogP contribution < -0.4 is 15.2 Å². The van der Waals surface area contributed by atoms with Gasteiger partial charge >= 0.3 is 0 Å². The minimum atomic E-state index is 0.403. The molecule has 0 bridgehead atoms. The largest absolute Gasteiger partial charge is 0.493 e. The van der Waals surface area contributed by atoms with Crippen molar-refractivity contribution in [3.63, 3.8) is 0 Å². The summed E-state index contributed by atoms with van der Waals surface area (Å²) in [5.41, 5.74) is 7.51. The lowest BCUT2D eigenvalue weighted by Gasteiger charge is -2.13. The van der Waals surface area contributed by atoms with Gasteiger partial charge in [-0.15, -0.1) is 0 Å². The van der Waals surface area contributed by atoms with Crippen molar-refractivity contribution in [3.8, 4) is 11.5 Å². The Morgan fingerprint density at radius 1 is 1.21 bits per heavy atom. The number of hydrogen-bond acceptors (Lipinski definition) is 4. The molecule has 4 nitrogen and oxygen atoms in total. The van der Waals surface area contributed by atoms with Crippen molar-refractivity contribution >= 4 is 11.6 Å². The average molecular weight is 279 g/mol. The Morgan fingerprint density at radius 3 is 2.58 bits per heavy atom. The Morgan fingerprint density at radius 2 is 1.95 bits per heavy atom. The van der Waals surface area contributed by atoms with Crippen LogP contribution in [-0.2, 0) is 13.2 Å². The second kappa shape index (κ2) is 6.41. The molecule has 5 heteroatoms. The van der Waals surface area contributed by atoms with Gasteiger partial charge in [-0.05, 0) is 35.4 Å². The van der Waals surface area contributed by atoms with Crippen molar-refractivity contribution in [1.82, 2.24) is 4.98 Å². The molecular weight excluding hydrogens is 264 g/mol. The SMILES string of the molecule is COc1cc(CN)cc(Cl)c1OCc1ccncc1. The Balaban J connectivity index is 2.20. The topological polar surface area (TPSA) is 57.4 Å². The molecule has 2 aromatic rings. The van der Waals surface area contributed by atoms with Crippen molar-refractivity contribution in [2.45, 2.75) is 13.2 Å². The first-order valence-corrected chi connectivity index (χ1v) is 6.20. The van der Waals surface area contributed by atoms with Crippen LogP contribution >= 0.6 is 11.6 Å². The van der Waals surface area contributed by atoms with Crippen LogP contribution in [0.2, 0.25) is 5.02 Å². The summed E-state index contributed by atoms with van der Waals surface area (Å²) >= 11 is 6.19. The van der Waals surface area contributed by atoms with E-state index >= 15 is 0 Å². The number of halogens is 1. The number of nitrogens with zero attached hydrogens (tertiary/aromatic N) is 1. The number of pyridine rings is 1. The quantitative estimate of drug-likeness (QED) is 0.914. The lowest BCUT2D eigenvalue weighted by molar-refractivity contribution is 0.284. The third-order valence-electron chi connectivity index (χ3n) is 2.66. The van der Waals surface area contributed by atoms with Crippen LogP contribution in [0.15, 0.2) is 36.7 Å². The van der Waals surface area contributed by atoms with Gasteiger partial charge in [-0.3, -0.25) is 4.98 Å². The Bertz CT molecular complexity index is 547. The summed E-state index contributed by atoms with van der Waals surface area (Å²) in [4.78, 5) is 3.95. The van der Waals surface area contributed by atoms with Gasteiger partial charge in [0.2, 0.25) is 0 Å². The maximum Gasteiger partial charge on any atom is 0.180 e. The van der Waals surface area contributed by atoms with Crippen LogP contribution in [0.25, 0.3) is 0 Å². The number of methoxy groups -OCH3 is 1. The molecule has 0 atom stereocenters. The first-order chi connectivity index (χ1) is 9.24. The molecule has 1 heterocycles. The Labute approximate surface area is 117 Å². The van der Waals surface area contributed by atoms with Crippen LogP contribution in [0.5, 0.6) is 11.5 Å². The molecule has 0 saturated heterocycles. The van der Waals surface area contributed by atoms with Crippen molar-refractivity contribution in [2.75, 3.05) is 7.11 Å². The summed E-state index contributed by atoms with van der Waals surface area (Å²) in [6.45, 7) is 0.807. The minimum Gasteiger partial charge on any atom is -0.493 e. The predicted molar refractivity (Wildman–Crippen MR) is 74.5 cm³/mol. The third kappa shape index (κ3) is 3.36. The number of nitrogens with two attached hydrogens (primary N) is 1. The number of rotatable bonds is 5. The zero-order valence-electron chi connectivity index (χ0n) is 10.6. The number of aromatic nitrogens is 1. The number of hydrogen-bond donors (Lipinski definition) is 1. The lowest BCUT2D eigenvalue weighted by Crippen LogP contribution is -2.01. The molecule has 2 rings (SSSR count). The van der Waals surface area contributed by atoms with Crippen molar-refractivity contribution in [1.29, 1.82) is 0 Å². The molecule has 100 valence electrons. The van der Waals surface area contributed by atoms with Crippen LogP contribution in [0, 0.1) is 0 Å². The lowest BCUT2D eigenvalue weighted by atomic mass is 10.2. The van der Waals surface area contributed by atoms with Crippen molar-refractivity contribution in [3.05, 3.63) is 52.8 Å². The molecule has 0 aliphatic carbocycles. The standard InChI is InChI=1S/C14H15ClN2O2/c1-18-13-7-11(8-16)6-12(15)14(13)19-9-10-2-4-17-5-3-10/h2-7H,8-9,16H2,1H3. The number of benzene rings is 1. The summed E-state index contributed by atoms with van der Waals surface area (Å²) in [6, 6.07) is 7.38. The normalized spacial score (nSPS) is 10.3. The van der Waals surface area contributed by atoms with Gasteiger partial charge in [0.05, 0.1) is 12.1 Å². The zero-order chi connectivity index (χ0) is 13.7. The molecular formula is C14H15ClN2O2. The number of ether oxygens (including phenoxy) is 2. The maximum absolute atomic E-state index is 6.19. The molecule has 2 N–H and O–H groups in total. The maximum atomic E-state index is 6.19. The first-order valence-electron chi connectivity index (χ1n) is 5.82. The summed E-state index contributed by atoms with van der Waals surface area (Å²) in [5.74, 6) is 1.11. The molecule has 0 spiro atoms. The van der Waals surface area contributed by atoms with Gasteiger partial charge in [-0.2, -0.15) is 0 Å². The molecule has 1 aromatic heterocycles. The van der Waals surface area contributed by atoms with Crippen LogP contribution in [0.4, 0.5) is 0 Å². The summed E-state index contributed by atoms with van der Waals surface area (Å²) in [7, 11) is 1.57. The van der Waals surface area contributed by atoms with E-state index in [0.717, 1.165) is 11.1 Å². The van der Waals surface area contributed by atoms with Crippen LogP contribution in [0.1, 0.15) is 11.1 Å². The van der Waals surface area contributed by atoms with E-state index in [-0.39, 0.29) is 0 Å². The zero-order valence-corrected chi connectivity index (χ0v) is 11.4. The fourth-order valence-electron chi connectivity index (χ4n) is 1.67. The van der Waals surface area contributed by atoms with Gasteiger partial charge in [-0.25, -0.2) is 0 Å². The molecule has 0 amide bonds. The predicted octanol–water partition coefficient (Wildman–Crippen LogP) is 2.78. The highest BCUT2D eigenvalue weighted by Crippen LogP contribution is 2.36. The summed E-state index contributed by atoms with van der Waals surface area (Å²) in [6.07, 6.45) is 3.43. The van der Waals surface area contributed by atoms with E-state index in [2.05, 4.69) is 4.98 Å². The van der Waals surface area contributed by atoms with Crippen molar-refractivity contribution < 1.29 is 9.47 Å². The van der Waals surface area contributed by atoms with E-state index in [9.17, 15) is 0 Å². The molecule has 0 unspecified atom stereocenters. The van der Waals surface area contributed by atoms with Gasteiger partial charge in [0, 0.05) is 18.9 Å². The fraction of sp³-hybridized carbons (Fsp3) is 0.214. The van der Waals surface area contributed by atoms with E-state index in [1.54, 1.807) is 25.6 Å². The van der Waals surface area contributed by atoms with E-state index in [1.807, 2.05) is 18.2 Å². The second-order valence-electron chi connectivity index (χ2n) is 3.96. The van der Waals surface area contributed by atoms with Gasteiger partial charge < -0.3 is 15.2 Å². The van der Waals surface area contributed by atoms with E-state index in [4.69, 9.17) is 26.8 Å². The van der Waals surface area contributed by atoms with Crippen molar-refractivity contribution in [2.24, 2.45) is 5.73 Å². The molecule has 0 aliphatic heterocycles. The minimum absolute atomic E-state index is 0.403. The highest BCUT2D eigenvalue weighted by molar-refractivity contribution is 6.32. The van der Waals surface area contributed by atoms with E-state index < -0.39 is 0 Å². The Kier molecular flexibility index (Phi) is 4.60. The molecule has 19 heavy (non-hydrogen) atoms. The van der Waals surface area contributed by atoms with E-state index in [0.29, 0.717) is 29.7 Å². The van der Waals surface area contributed by atoms with Gasteiger partial charge in [0.25, 0.3) is 0 Å². The summed E-state index contributed by atoms with van der Waals surface area (Å²) < 4.78 is 11.0. The van der Waals surface area contributed by atoms with Gasteiger partial charge in [0.1, 0.15) is 6.61 Å². The average Bonchev–Trinajstić information content (AvgIpc) is 2.46. The molecule has 0 fully saturated rings. The monoisotopic (exact) mass is 278 g/mol. The van der Waals surface area contributed by atoms with E-state index in [1.165, 1.54) is 0 Å². The molecule has 0 saturated carbocycles. The first kappa shape index (κ1) is 13.6. The van der Waals surface area contributed by atoms with Gasteiger partial charge in [0.15, 0.2) is 11.5 Å². The second-order valence-corrected chi connectivity index (χ2v) is 4.36. The third-order valence-corrected chi connectivity index (χ3v) is 2.94. The smallest absolute Gasteiger partial charge is 0.180 e. The summed E-state index contributed by atoms with van der Waals surface area (Å²) in [5, 5.41) is 0.494. The van der Waals surface area contributed by atoms with Gasteiger partial charge in [-0.1, -0.05) is 11.6 Å². The van der Waals surface area contributed by atoms with Crippen LogP contribution in [-0.4, -0.2) is 12.1 Å². The Hall–Kier alpha value is -1.78. The molecule has 0 aliphatic rings. The molecule has 0 radical (unpaired) electrons. The van der Waals surface area contributed by atoms with Crippen LogP contribution in [0.3, 0.4) is 0 Å². The molecule has 1 aromatic carbocycles. The fourth-order valence-corrected chi connectivity index (χ4v) is 1.95. The highest BCUT2D eigenvalue weighted by atomic mass is 35.5. The highest BCUT2D eigenvalue weighted by Gasteiger charge is 2.11.